The van der Waals surface area contributed by atoms with Crippen LogP contribution in [0.2, 0.25) is 5.02 Å². The maximum atomic E-state index is 12.2. The predicted molar refractivity (Wildman–Crippen MR) is 73.8 cm³/mol. The van der Waals surface area contributed by atoms with Crippen molar-refractivity contribution in [2.75, 3.05) is 32.8 Å². The highest BCUT2D eigenvalue weighted by molar-refractivity contribution is 7.12. The lowest BCUT2D eigenvalue weighted by Gasteiger charge is -2.33. The molecule has 0 aliphatic carbocycles. The summed E-state index contributed by atoms with van der Waals surface area (Å²) in [5.74, 6) is -0.0662. The number of hydrogen-bond acceptors (Lipinski definition) is 4. The lowest BCUT2D eigenvalue weighted by atomic mass is 10.3. The first-order chi connectivity index (χ1) is 9.13. The first kappa shape index (κ1) is 14.1. The van der Waals surface area contributed by atoms with E-state index in [2.05, 4.69) is 0 Å². The molecule has 2 heterocycles. The number of halogens is 1. The summed E-state index contributed by atoms with van der Waals surface area (Å²) in [7, 11) is 0. The van der Waals surface area contributed by atoms with E-state index in [9.17, 15) is 9.59 Å². The third-order valence-electron chi connectivity index (χ3n) is 2.90. The van der Waals surface area contributed by atoms with Gasteiger partial charge in [-0.05, 0) is 18.4 Å². The van der Waals surface area contributed by atoms with Gasteiger partial charge in [0, 0.05) is 26.2 Å². The van der Waals surface area contributed by atoms with Crippen LogP contribution in [0.1, 0.15) is 16.6 Å². The van der Waals surface area contributed by atoms with Crippen LogP contribution in [0.3, 0.4) is 0 Å². The van der Waals surface area contributed by atoms with Crippen molar-refractivity contribution in [1.82, 2.24) is 9.80 Å². The Balaban J connectivity index is 1.92. The molecular weight excluding hydrogens is 288 g/mol. The minimum absolute atomic E-state index is 0.0662. The first-order valence-corrected chi connectivity index (χ1v) is 7.33. The Hall–Kier alpha value is -1.27. The fourth-order valence-electron chi connectivity index (χ4n) is 1.90. The molecule has 0 N–H and O–H groups in total. The summed E-state index contributed by atoms with van der Waals surface area (Å²) in [6.45, 7) is 4.14. The van der Waals surface area contributed by atoms with Crippen LogP contribution in [0.25, 0.3) is 0 Å². The number of amides is 2. The zero-order chi connectivity index (χ0) is 13.8. The molecule has 0 aromatic carbocycles. The van der Waals surface area contributed by atoms with Gasteiger partial charge in [0.1, 0.15) is 4.88 Å². The summed E-state index contributed by atoms with van der Waals surface area (Å²) in [6, 6.07) is 1.72. The third kappa shape index (κ3) is 3.19. The Morgan fingerprint density at radius 3 is 2.47 bits per heavy atom. The molecule has 0 radical (unpaired) electrons. The summed E-state index contributed by atoms with van der Waals surface area (Å²) in [5, 5.41) is 2.28. The van der Waals surface area contributed by atoms with E-state index < -0.39 is 0 Å². The van der Waals surface area contributed by atoms with E-state index in [-0.39, 0.29) is 12.0 Å². The molecule has 2 amide bonds. The number of nitrogens with zero attached hydrogens (tertiary/aromatic N) is 2. The topological polar surface area (TPSA) is 49.9 Å². The Morgan fingerprint density at radius 2 is 1.95 bits per heavy atom. The number of thiophene rings is 1. The van der Waals surface area contributed by atoms with Gasteiger partial charge in [-0.1, -0.05) is 11.6 Å². The van der Waals surface area contributed by atoms with Crippen LogP contribution < -0.4 is 0 Å². The maximum Gasteiger partial charge on any atom is 0.409 e. The highest BCUT2D eigenvalue weighted by Crippen LogP contribution is 2.24. The Morgan fingerprint density at radius 1 is 1.32 bits per heavy atom. The largest absolute Gasteiger partial charge is 0.450 e. The molecule has 5 nitrogen and oxygen atoms in total. The molecule has 104 valence electrons. The molecule has 0 unspecified atom stereocenters. The molecule has 1 fully saturated rings. The van der Waals surface area contributed by atoms with Crippen molar-refractivity contribution in [1.29, 1.82) is 0 Å². The predicted octanol–water partition coefficient (Wildman–Crippen LogP) is 2.32. The summed E-state index contributed by atoms with van der Waals surface area (Å²) >= 11 is 7.29. The van der Waals surface area contributed by atoms with E-state index in [1.54, 1.807) is 28.2 Å². The summed E-state index contributed by atoms with van der Waals surface area (Å²) in [6.07, 6.45) is -0.316. The van der Waals surface area contributed by atoms with Gasteiger partial charge in [-0.2, -0.15) is 0 Å². The maximum absolute atomic E-state index is 12.2. The van der Waals surface area contributed by atoms with E-state index >= 15 is 0 Å². The van der Waals surface area contributed by atoms with Crippen molar-refractivity contribution >= 4 is 34.9 Å². The molecule has 1 aromatic rings. The Bertz CT molecular complexity index is 469. The lowest BCUT2D eigenvalue weighted by Crippen LogP contribution is -2.50. The van der Waals surface area contributed by atoms with Crippen LogP contribution in [0.5, 0.6) is 0 Å². The van der Waals surface area contributed by atoms with Crippen LogP contribution >= 0.6 is 22.9 Å². The highest BCUT2D eigenvalue weighted by atomic mass is 35.5. The second kappa shape index (κ2) is 6.25. The van der Waals surface area contributed by atoms with Crippen molar-refractivity contribution in [3.05, 3.63) is 21.3 Å². The Kier molecular flexibility index (Phi) is 4.66. The average molecular weight is 303 g/mol. The Labute approximate surface area is 120 Å². The molecule has 0 spiro atoms. The van der Waals surface area contributed by atoms with Gasteiger partial charge in [0.05, 0.1) is 11.6 Å². The molecule has 1 saturated heterocycles. The van der Waals surface area contributed by atoms with Crippen LogP contribution in [0.15, 0.2) is 11.4 Å². The molecule has 2 rings (SSSR count). The van der Waals surface area contributed by atoms with Crippen LogP contribution in [-0.2, 0) is 4.74 Å². The fraction of sp³-hybridized carbons (Fsp3) is 0.500. The molecule has 1 aliphatic rings. The standard InChI is InChI=1S/C12H15ClN2O3S/c1-2-18-12(17)15-6-4-14(5-7-15)11(16)10-9(13)3-8-19-10/h3,8H,2,4-7H2,1H3. The third-order valence-corrected chi connectivity index (χ3v) is 4.23. The van der Waals surface area contributed by atoms with Crippen LogP contribution in [0, 0.1) is 0 Å². The normalized spacial score (nSPS) is 15.5. The van der Waals surface area contributed by atoms with E-state index in [4.69, 9.17) is 16.3 Å². The van der Waals surface area contributed by atoms with Crippen molar-refractivity contribution < 1.29 is 14.3 Å². The van der Waals surface area contributed by atoms with Gasteiger partial charge in [0.25, 0.3) is 5.91 Å². The fourth-order valence-corrected chi connectivity index (χ4v) is 3.00. The van der Waals surface area contributed by atoms with Crippen LogP contribution in [0.4, 0.5) is 4.79 Å². The molecule has 0 atom stereocenters. The van der Waals surface area contributed by atoms with Gasteiger partial charge in [-0.25, -0.2) is 4.79 Å². The van der Waals surface area contributed by atoms with Gasteiger partial charge < -0.3 is 14.5 Å². The summed E-state index contributed by atoms with van der Waals surface area (Å²) in [4.78, 5) is 27.6. The van der Waals surface area contributed by atoms with Gasteiger partial charge in [-0.15, -0.1) is 11.3 Å². The number of carbonyl (C=O) groups is 2. The van der Waals surface area contributed by atoms with Gasteiger partial charge in [-0.3, -0.25) is 4.79 Å². The lowest BCUT2D eigenvalue weighted by molar-refractivity contribution is 0.0574. The molecule has 1 aliphatic heterocycles. The van der Waals surface area contributed by atoms with Gasteiger partial charge >= 0.3 is 6.09 Å². The minimum atomic E-state index is -0.316. The van der Waals surface area contributed by atoms with Crippen molar-refractivity contribution in [2.45, 2.75) is 6.92 Å². The second-order valence-electron chi connectivity index (χ2n) is 4.08. The van der Waals surface area contributed by atoms with E-state index in [0.717, 1.165) is 0 Å². The zero-order valence-corrected chi connectivity index (χ0v) is 12.2. The number of ether oxygens (including phenoxy) is 1. The van der Waals surface area contributed by atoms with Crippen molar-refractivity contribution in [3.8, 4) is 0 Å². The second-order valence-corrected chi connectivity index (χ2v) is 5.40. The number of piperazine rings is 1. The minimum Gasteiger partial charge on any atom is -0.450 e. The van der Waals surface area contributed by atoms with E-state index in [1.807, 2.05) is 0 Å². The van der Waals surface area contributed by atoms with Crippen molar-refractivity contribution in [3.63, 3.8) is 0 Å². The monoisotopic (exact) mass is 302 g/mol. The molecule has 0 saturated carbocycles. The summed E-state index contributed by atoms with van der Waals surface area (Å²) < 4.78 is 4.93. The summed E-state index contributed by atoms with van der Waals surface area (Å²) in [5.41, 5.74) is 0. The average Bonchev–Trinajstić information content (AvgIpc) is 2.84. The number of hydrogen-bond donors (Lipinski definition) is 0. The SMILES string of the molecule is CCOC(=O)N1CCN(C(=O)c2sccc2Cl)CC1. The molecule has 1 aromatic heterocycles. The molecular formula is C12H15ClN2O3S. The van der Waals surface area contributed by atoms with Crippen molar-refractivity contribution in [2.24, 2.45) is 0 Å². The number of carbonyl (C=O) groups excluding carboxylic acids is 2. The zero-order valence-electron chi connectivity index (χ0n) is 10.6. The molecule has 7 heteroatoms. The van der Waals surface area contributed by atoms with E-state index in [0.29, 0.717) is 42.7 Å². The first-order valence-electron chi connectivity index (χ1n) is 6.07. The van der Waals surface area contributed by atoms with Gasteiger partial charge in [0.15, 0.2) is 0 Å². The highest BCUT2D eigenvalue weighted by Gasteiger charge is 2.26. The quantitative estimate of drug-likeness (QED) is 0.842. The van der Waals surface area contributed by atoms with Crippen LogP contribution in [-0.4, -0.2) is 54.6 Å². The number of rotatable bonds is 2. The van der Waals surface area contributed by atoms with Gasteiger partial charge in [0.2, 0.25) is 0 Å². The van der Waals surface area contributed by atoms with E-state index in [1.165, 1.54) is 11.3 Å². The molecule has 19 heavy (non-hydrogen) atoms. The smallest absolute Gasteiger partial charge is 0.409 e. The molecule has 0 bridgehead atoms.